The molecular formula is C22H26N4. The highest BCUT2D eigenvalue weighted by Gasteiger charge is 2.11. The molecule has 0 unspecified atom stereocenters. The van der Waals surface area contributed by atoms with Crippen LogP contribution in [0, 0.1) is 13.8 Å². The monoisotopic (exact) mass is 346 g/mol. The van der Waals surface area contributed by atoms with Crippen molar-refractivity contribution in [1.82, 2.24) is 9.97 Å². The van der Waals surface area contributed by atoms with E-state index in [2.05, 4.69) is 77.6 Å². The van der Waals surface area contributed by atoms with Gasteiger partial charge in [-0.2, -0.15) is 4.98 Å². The molecule has 0 spiro atoms. The van der Waals surface area contributed by atoms with Crippen LogP contribution in [0.1, 0.15) is 29.3 Å². The van der Waals surface area contributed by atoms with Gasteiger partial charge in [-0.15, -0.1) is 0 Å². The summed E-state index contributed by atoms with van der Waals surface area (Å²) in [6.07, 6.45) is 0. The third kappa shape index (κ3) is 4.60. The quantitative estimate of drug-likeness (QED) is 0.671. The predicted octanol–water partition coefficient (Wildman–Crippen LogP) is 4.73. The van der Waals surface area contributed by atoms with E-state index in [0.717, 1.165) is 37.1 Å². The van der Waals surface area contributed by atoms with Crippen molar-refractivity contribution in [3.8, 4) is 0 Å². The summed E-state index contributed by atoms with van der Waals surface area (Å²) in [5.41, 5.74) is 4.79. The molecule has 3 rings (SSSR count). The van der Waals surface area contributed by atoms with Gasteiger partial charge in [0.2, 0.25) is 5.95 Å². The van der Waals surface area contributed by atoms with Crippen molar-refractivity contribution in [2.45, 2.75) is 33.9 Å². The van der Waals surface area contributed by atoms with Gasteiger partial charge in [0.1, 0.15) is 5.82 Å². The van der Waals surface area contributed by atoms with Crippen molar-refractivity contribution in [3.63, 3.8) is 0 Å². The van der Waals surface area contributed by atoms with E-state index in [4.69, 9.17) is 4.98 Å². The van der Waals surface area contributed by atoms with E-state index < -0.39 is 0 Å². The Balaban J connectivity index is 1.76. The first kappa shape index (κ1) is 17.9. The van der Waals surface area contributed by atoms with Gasteiger partial charge >= 0.3 is 0 Å². The molecule has 4 heteroatoms. The Morgan fingerprint density at radius 2 is 1.65 bits per heavy atom. The summed E-state index contributed by atoms with van der Waals surface area (Å²) in [4.78, 5) is 11.6. The molecular weight excluding hydrogens is 320 g/mol. The van der Waals surface area contributed by atoms with Crippen molar-refractivity contribution in [1.29, 1.82) is 0 Å². The van der Waals surface area contributed by atoms with Gasteiger partial charge in [-0.25, -0.2) is 4.98 Å². The Morgan fingerprint density at radius 3 is 2.38 bits per heavy atom. The van der Waals surface area contributed by atoms with Gasteiger partial charge in [0.15, 0.2) is 0 Å². The van der Waals surface area contributed by atoms with E-state index >= 15 is 0 Å². The molecule has 0 bridgehead atoms. The van der Waals surface area contributed by atoms with Crippen LogP contribution >= 0.6 is 0 Å². The smallest absolute Gasteiger partial charge is 0.227 e. The first-order valence-electron chi connectivity index (χ1n) is 9.08. The Kier molecular flexibility index (Phi) is 5.84. The zero-order valence-corrected chi connectivity index (χ0v) is 15.7. The Morgan fingerprint density at radius 1 is 0.923 bits per heavy atom. The van der Waals surface area contributed by atoms with Crippen LogP contribution in [0.4, 0.5) is 11.8 Å². The minimum absolute atomic E-state index is 0.757. The summed E-state index contributed by atoms with van der Waals surface area (Å²) >= 11 is 0. The molecule has 1 N–H and O–H groups in total. The third-order valence-corrected chi connectivity index (χ3v) is 4.44. The van der Waals surface area contributed by atoms with Gasteiger partial charge in [0.05, 0.1) is 0 Å². The van der Waals surface area contributed by atoms with Crippen LogP contribution in [-0.4, -0.2) is 16.5 Å². The fourth-order valence-corrected chi connectivity index (χ4v) is 2.91. The Labute approximate surface area is 155 Å². The number of nitrogens with zero attached hydrogens (tertiary/aromatic N) is 3. The fraction of sp³-hybridized carbons (Fsp3) is 0.273. The van der Waals surface area contributed by atoms with E-state index in [9.17, 15) is 0 Å². The van der Waals surface area contributed by atoms with Gasteiger partial charge in [0, 0.05) is 31.4 Å². The molecule has 0 aliphatic rings. The fourth-order valence-electron chi connectivity index (χ4n) is 2.91. The maximum Gasteiger partial charge on any atom is 0.227 e. The molecule has 1 aromatic heterocycles. The second kappa shape index (κ2) is 8.48. The molecule has 0 amide bonds. The number of hydrogen-bond donors (Lipinski definition) is 1. The standard InChI is InChI=1S/C22H26N4/c1-4-26(16-19-11-6-5-7-12-19)22-24-18(3)14-21(25-22)23-15-20-13-9-8-10-17(20)2/h5-14H,4,15-16H2,1-3H3,(H,23,24,25). The highest BCUT2D eigenvalue weighted by atomic mass is 15.3. The van der Waals surface area contributed by atoms with Crippen LogP contribution in [0.5, 0.6) is 0 Å². The van der Waals surface area contributed by atoms with Gasteiger partial charge < -0.3 is 10.2 Å². The van der Waals surface area contributed by atoms with Gasteiger partial charge in [-0.05, 0) is 37.5 Å². The van der Waals surface area contributed by atoms with E-state index in [1.165, 1.54) is 16.7 Å². The first-order chi connectivity index (χ1) is 12.7. The lowest BCUT2D eigenvalue weighted by molar-refractivity contribution is 0.787. The number of benzene rings is 2. The van der Waals surface area contributed by atoms with Crippen LogP contribution in [0.25, 0.3) is 0 Å². The van der Waals surface area contributed by atoms with Crippen LogP contribution in [0.15, 0.2) is 60.7 Å². The lowest BCUT2D eigenvalue weighted by Crippen LogP contribution is -2.25. The summed E-state index contributed by atoms with van der Waals surface area (Å²) in [7, 11) is 0. The van der Waals surface area contributed by atoms with E-state index in [0.29, 0.717) is 0 Å². The molecule has 4 nitrogen and oxygen atoms in total. The summed E-state index contributed by atoms with van der Waals surface area (Å²) < 4.78 is 0. The largest absolute Gasteiger partial charge is 0.366 e. The SMILES string of the molecule is CCN(Cc1ccccc1)c1nc(C)cc(NCc2ccccc2C)n1. The Hall–Kier alpha value is -2.88. The molecule has 134 valence electrons. The molecule has 0 saturated carbocycles. The minimum Gasteiger partial charge on any atom is -0.366 e. The molecule has 0 aliphatic heterocycles. The zero-order chi connectivity index (χ0) is 18.4. The highest BCUT2D eigenvalue weighted by molar-refractivity contribution is 5.45. The van der Waals surface area contributed by atoms with Crippen molar-refractivity contribution < 1.29 is 0 Å². The van der Waals surface area contributed by atoms with Crippen LogP contribution in [0.2, 0.25) is 0 Å². The Bertz CT molecular complexity index is 846. The summed E-state index contributed by atoms with van der Waals surface area (Å²) in [5, 5.41) is 3.45. The van der Waals surface area contributed by atoms with Crippen molar-refractivity contribution in [3.05, 3.63) is 83.0 Å². The van der Waals surface area contributed by atoms with Gasteiger partial charge in [-0.1, -0.05) is 54.6 Å². The first-order valence-corrected chi connectivity index (χ1v) is 9.08. The second-order valence-electron chi connectivity index (χ2n) is 6.47. The van der Waals surface area contributed by atoms with Crippen molar-refractivity contribution >= 4 is 11.8 Å². The lowest BCUT2D eigenvalue weighted by Gasteiger charge is -2.22. The highest BCUT2D eigenvalue weighted by Crippen LogP contribution is 2.17. The van der Waals surface area contributed by atoms with Crippen LogP contribution in [-0.2, 0) is 13.1 Å². The van der Waals surface area contributed by atoms with Gasteiger partial charge in [0.25, 0.3) is 0 Å². The molecule has 0 aliphatic carbocycles. The topological polar surface area (TPSA) is 41.1 Å². The zero-order valence-electron chi connectivity index (χ0n) is 15.7. The minimum atomic E-state index is 0.757. The molecule has 0 radical (unpaired) electrons. The maximum atomic E-state index is 4.75. The molecule has 26 heavy (non-hydrogen) atoms. The van der Waals surface area contributed by atoms with E-state index in [1.807, 2.05) is 19.1 Å². The average molecular weight is 346 g/mol. The maximum absolute atomic E-state index is 4.75. The molecule has 1 heterocycles. The molecule has 2 aromatic carbocycles. The van der Waals surface area contributed by atoms with Crippen molar-refractivity contribution in [2.75, 3.05) is 16.8 Å². The number of rotatable bonds is 7. The summed E-state index contributed by atoms with van der Waals surface area (Å²) in [5.74, 6) is 1.63. The summed E-state index contributed by atoms with van der Waals surface area (Å²) in [6.45, 7) is 8.70. The molecule has 3 aromatic rings. The van der Waals surface area contributed by atoms with E-state index in [1.54, 1.807) is 0 Å². The number of nitrogens with one attached hydrogen (secondary N) is 1. The number of aromatic nitrogens is 2. The normalized spacial score (nSPS) is 10.6. The van der Waals surface area contributed by atoms with Gasteiger partial charge in [-0.3, -0.25) is 0 Å². The average Bonchev–Trinajstić information content (AvgIpc) is 2.66. The third-order valence-electron chi connectivity index (χ3n) is 4.44. The van der Waals surface area contributed by atoms with Crippen molar-refractivity contribution in [2.24, 2.45) is 0 Å². The molecule has 0 atom stereocenters. The van der Waals surface area contributed by atoms with Crippen LogP contribution in [0.3, 0.4) is 0 Å². The van der Waals surface area contributed by atoms with E-state index in [-0.39, 0.29) is 0 Å². The predicted molar refractivity (Wildman–Crippen MR) is 108 cm³/mol. The lowest BCUT2D eigenvalue weighted by atomic mass is 10.1. The number of anilines is 2. The number of hydrogen-bond acceptors (Lipinski definition) is 4. The molecule has 0 fully saturated rings. The number of aryl methyl sites for hydroxylation is 2. The second-order valence-corrected chi connectivity index (χ2v) is 6.47. The summed E-state index contributed by atoms with van der Waals surface area (Å²) in [6, 6.07) is 20.8. The van der Waals surface area contributed by atoms with Crippen LogP contribution < -0.4 is 10.2 Å². The molecule has 0 saturated heterocycles.